The van der Waals surface area contributed by atoms with E-state index in [0.29, 0.717) is 35.0 Å². The van der Waals surface area contributed by atoms with Crippen molar-refractivity contribution < 1.29 is 13.9 Å². The standard InChI is InChI=1S/C26H22FN3O3S/c1-17-6-11-23-22(14-17)29(12-13-33-23)24(31)16-34-26-28-21-5-3-2-4-20(21)25(32)30(26)15-18-7-9-19(27)10-8-18/h2-11,14H,12-13,15-16H2,1H3. The molecule has 0 unspecified atom stereocenters. The summed E-state index contributed by atoms with van der Waals surface area (Å²) in [5.41, 5.74) is 2.94. The number of aryl methyl sites for hydroxylation is 1. The second-order valence-corrected chi connectivity index (χ2v) is 9.03. The Labute approximate surface area is 200 Å². The lowest BCUT2D eigenvalue weighted by Crippen LogP contribution is -2.39. The van der Waals surface area contributed by atoms with Crippen molar-refractivity contribution in [3.05, 3.63) is 94.0 Å². The van der Waals surface area contributed by atoms with Crippen LogP contribution in [0.25, 0.3) is 10.9 Å². The molecule has 0 N–H and O–H groups in total. The van der Waals surface area contributed by atoms with Gasteiger partial charge in [-0.1, -0.05) is 42.1 Å². The van der Waals surface area contributed by atoms with Crippen LogP contribution in [-0.2, 0) is 11.3 Å². The Bertz CT molecular complexity index is 1440. The largest absolute Gasteiger partial charge is 0.490 e. The summed E-state index contributed by atoms with van der Waals surface area (Å²) in [5.74, 6) is 0.374. The highest BCUT2D eigenvalue weighted by Gasteiger charge is 2.24. The second kappa shape index (κ2) is 9.30. The molecule has 1 aliphatic rings. The average Bonchev–Trinajstić information content (AvgIpc) is 2.85. The second-order valence-electron chi connectivity index (χ2n) is 8.08. The van der Waals surface area contributed by atoms with Crippen molar-refractivity contribution in [1.29, 1.82) is 0 Å². The predicted octanol–water partition coefficient (Wildman–Crippen LogP) is 4.41. The van der Waals surface area contributed by atoms with Crippen LogP contribution in [0.1, 0.15) is 11.1 Å². The highest BCUT2D eigenvalue weighted by molar-refractivity contribution is 7.99. The maximum Gasteiger partial charge on any atom is 0.262 e. The minimum atomic E-state index is -0.339. The molecule has 0 bridgehead atoms. The first-order valence-corrected chi connectivity index (χ1v) is 11.9. The summed E-state index contributed by atoms with van der Waals surface area (Å²) < 4.78 is 20.6. The van der Waals surface area contributed by atoms with Crippen LogP contribution in [0.5, 0.6) is 5.75 Å². The molecule has 0 saturated carbocycles. The third-order valence-electron chi connectivity index (χ3n) is 5.68. The van der Waals surface area contributed by atoms with Crippen molar-refractivity contribution in [2.45, 2.75) is 18.6 Å². The van der Waals surface area contributed by atoms with Crippen molar-refractivity contribution in [3.63, 3.8) is 0 Å². The number of ether oxygens (including phenoxy) is 1. The number of fused-ring (bicyclic) bond motifs is 2. The van der Waals surface area contributed by atoms with Gasteiger partial charge in [-0.2, -0.15) is 0 Å². The van der Waals surface area contributed by atoms with E-state index in [2.05, 4.69) is 4.98 Å². The van der Waals surface area contributed by atoms with Crippen molar-refractivity contribution in [2.75, 3.05) is 23.8 Å². The fourth-order valence-corrected chi connectivity index (χ4v) is 4.84. The van der Waals surface area contributed by atoms with Crippen molar-refractivity contribution in [2.24, 2.45) is 0 Å². The summed E-state index contributed by atoms with van der Waals surface area (Å²) in [6.07, 6.45) is 0. The zero-order chi connectivity index (χ0) is 23.7. The Morgan fingerprint density at radius 2 is 1.91 bits per heavy atom. The molecular formula is C26H22FN3O3S. The van der Waals surface area contributed by atoms with Gasteiger partial charge in [0.15, 0.2) is 5.16 Å². The number of benzene rings is 3. The van der Waals surface area contributed by atoms with Crippen LogP contribution in [-0.4, -0.2) is 34.4 Å². The molecule has 8 heteroatoms. The quantitative estimate of drug-likeness (QED) is 0.316. The Hall–Kier alpha value is -3.65. The molecule has 1 aromatic heterocycles. The smallest absolute Gasteiger partial charge is 0.262 e. The normalized spacial score (nSPS) is 12.9. The summed E-state index contributed by atoms with van der Waals surface area (Å²) in [6.45, 7) is 3.09. The molecule has 0 saturated heterocycles. The molecular weight excluding hydrogens is 453 g/mol. The third-order valence-corrected chi connectivity index (χ3v) is 6.65. The van der Waals surface area contributed by atoms with Gasteiger partial charge in [0.05, 0.1) is 35.4 Å². The van der Waals surface area contributed by atoms with E-state index in [9.17, 15) is 14.0 Å². The highest BCUT2D eigenvalue weighted by Crippen LogP contribution is 2.33. The zero-order valence-corrected chi connectivity index (χ0v) is 19.3. The number of thioether (sulfide) groups is 1. The molecule has 0 aliphatic carbocycles. The summed E-state index contributed by atoms with van der Waals surface area (Å²) >= 11 is 1.22. The van der Waals surface area contributed by atoms with Crippen molar-refractivity contribution >= 4 is 34.3 Å². The van der Waals surface area contributed by atoms with Crippen LogP contribution in [0, 0.1) is 12.7 Å². The number of hydrogen-bond donors (Lipinski definition) is 0. The number of hydrogen-bond acceptors (Lipinski definition) is 5. The number of rotatable bonds is 5. The van der Waals surface area contributed by atoms with E-state index in [1.54, 1.807) is 39.8 Å². The van der Waals surface area contributed by atoms with Crippen LogP contribution >= 0.6 is 11.8 Å². The fraction of sp³-hybridized carbons (Fsp3) is 0.192. The molecule has 0 fully saturated rings. The topological polar surface area (TPSA) is 64.4 Å². The van der Waals surface area contributed by atoms with Crippen molar-refractivity contribution in [3.8, 4) is 5.75 Å². The highest BCUT2D eigenvalue weighted by atomic mass is 32.2. The number of para-hydroxylation sites is 1. The summed E-state index contributed by atoms with van der Waals surface area (Å²) in [5, 5.41) is 0.942. The summed E-state index contributed by atoms with van der Waals surface area (Å²) in [7, 11) is 0. The number of halogens is 1. The molecule has 1 amide bonds. The lowest BCUT2D eigenvalue weighted by atomic mass is 10.1. The lowest BCUT2D eigenvalue weighted by Gasteiger charge is -2.29. The number of aromatic nitrogens is 2. The van der Waals surface area contributed by atoms with E-state index in [1.165, 1.54) is 23.9 Å². The number of anilines is 1. The summed E-state index contributed by atoms with van der Waals surface area (Å²) in [4.78, 5) is 32.9. The van der Waals surface area contributed by atoms with E-state index in [0.717, 1.165) is 16.8 Å². The zero-order valence-electron chi connectivity index (χ0n) is 18.5. The van der Waals surface area contributed by atoms with Crippen LogP contribution in [0.2, 0.25) is 0 Å². The number of nitrogens with zero attached hydrogens (tertiary/aromatic N) is 3. The number of carbonyl (C=O) groups is 1. The van der Waals surface area contributed by atoms with Gasteiger partial charge in [0, 0.05) is 0 Å². The van der Waals surface area contributed by atoms with Gasteiger partial charge in [-0.3, -0.25) is 14.2 Å². The fourth-order valence-electron chi connectivity index (χ4n) is 3.96. The van der Waals surface area contributed by atoms with Crippen LogP contribution < -0.4 is 15.2 Å². The first-order valence-electron chi connectivity index (χ1n) is 10.9. The maximum atomic E-state index is 13.4. The van der Waals surface area contributed by atoms with Gasteiger partial charge >= 0.3 is 0 Å². The average molecular weight is 476 g/mol. The first-order chi connectivity index (χ1) is 16.5. The Kier molecular flexibility index (Phi) is 6.06. The molecule has 34 heavy (non-hydrogen) atoms. The van der Waals surface area contributed by atoms with Crippen LogP contribution in [0.3, 0.4) is 0 Å². The molecule has 5 rings (SSSR count). The van der Waals surface area contributed by atoms with Crippen LogP contribution in [0.4, 0.5) is 10.1 Å². The molecule has 0 atom stereocenters. The Morgan fingerprint density at radius 3 is 2.74 bits per heavy atom. The van der Waals surface area contributed by atoms with Gasteiger partial charge in [-0.25, -0.2) is 9.37 Å². The Balaban J connectivity index is 1.45. The maximum absolute atomic E-state index is 13.4. The molecule has 172 valence electrons. The van der Waals surface area contributed by atoms with Gasteiger partial charge in [0.1, 0.15) is 18.2 Å². The number of carbonyl (C=O) groups excluding carboxylic acids is 1. The molecule has 4 aromatic rings. The predicted molar refractivity (Wildman–Crippen MR) is 131 cm³/mol. The van der Waals surface area contributed by atoms with E-state index < -0.39 is 0 Å². The molecule has 1 aliphatic heterocycles. The van der Waals surface area contributed by atoms with Crippen LogP contribution in [0.15, 0.2) is 76.7 Å². The van der Waals surface area contributed by atoms with Gasteiger partial charge in [-0.05, 0) is 54.4 Å². The molecule has 3 aromatic carbocycles. The molecule has 6 nitrogen and oxygen atoms in total. The van der Waals surface area contributed by atoms with Gasteiger partial charge < -0.3 is 9.64 Å². The van der Waals surface area contributed by atoms with Gasteiger partial charge in [0.2, 0.25) is 5.91 Å². The Morgan fingerprint density at radius 1 is 1.12 bits per heavy atom. The number of amides is 1. The summed E-state index contributed by atoms with van der Waals surface area (Å²) in [6, 6.07) is 18.9. The molecule has 0 radical (unpaired) electrons. The van der Waals surface area contributed by atoms with Gasteiger partial charge in [0.25, 0.3) is 5.56 Å². The monoisotopic (exact) mass is 475 g/mol. The van der Waals surface area contributed by atoms with E-state index >= 15 is 0 Å². The van der Waals surface area contributed by atoms with Gasteiger partial charge in [-0.15, -0.1) is 0 Å². The van der Waals surface area contributed by atoms with E-state index in [4.69, 9.17) is 4.74 Å². The lowest BCUT2D eigenvalue weighted by molar-refractivity contribution is -0.116. The van der Waals surface area contributed by atoms with Crippen molar-refractivity contribution in [1.82, 2.24) is 9.55 Å². The minimum absolute atomic E-state index is 0.0871. The third kappa shape index (κ3) is 4.41. The van der Waals surface area contributed by atoms with E-state index in [-0.39, 0.29) is 29.6 Å². The van der Waals surface area contributed by atoms with E-state index in [1.807, 2.05) is 31.2 Å². The molecule has 0 spiro atoms. The SMILES string of the molecule is Cc1ccc2c(c1)N(C(=O)CSc1nc3ccccc3c(=O)n1Cc1ccc(F)cc1)CCO2. The first kappa shape index (κ1) is 22.2. The minimum Gasteiger partial charge on any atom is -0.490 e. The molecule has 2 heterocycles.